The normalized spacial score (nSPS) is 18.4. The summed E-state index contributed by atoms with van der Waals surface area (Å²) in [5, 5.41) is 16.2. The Morgan fingerprint density at radius 2 is 1.62 bits per heavy atom. The fraction of sp³-hybridized carbons (Fsp3) is 0.200. The molecule has 4 rings (SSSR count). The van der Waals surface area contributed by atoms with Gasteiger partial charge in [-0.1, -0.05) is 35.9 Å². The first kappa shape index (κ1) is 24.1. The number of hydrogen-bond donors (Lipinski definition) is 3. The van der Waals surface area contributed by atoms with E-state index in [1.54, 1.807) is 42.7 Å². The first-order chi connectivity index (χ1) is 16.3. The summed E-state index contributed by atoms with van der Waals surface area (Å²) in [6.45, 7) is 0.0569. The SMILES string of the molecule is C[S+]([O-])c1ccccc1-c1ccc(NC(=O)[C@H]2C[C@@H](O)CN2C(=O)Nc2ccc(Cl)cc2)cc1. The number of nitrogens with zero attached hydrogens (tertiary/aromatic N) is 1. The van der Waals surface area contributed by atoms with E-state index < -0.39 is 29.4 Å². The maximum absolute atomic E-state index is 13.0. The van der Waals surface area contributed by atoms with E-state index in [2.05, 4.69) is 10.6 Å². The fourth-order valence-corrected chi connectivity index (χ4v) is 4.82. The van der Waals surface area contributed by atoms with Crippen LogP contribution in [-0.2, 0) is 16.0 Å². The highest BCUT2D eigenvalue weighted by atomic mass is 35.5. The predicted molar refractivity (Wildman–Crippen MR) is 134 cm³/mol. The highest BCUT2D eigenvalue weighted by Gasteiger charge is 2.39. The molecule has 1 heterocycles. The van der Waals surface area contributed by atoms with E-state index in [-0.39, 0.29) is 18.9 Å². The van der Waals surface area contributed by atoms with Crippen LogP contribution in [0.4, 0.5) is 16.2 Å². The maximum Gasteiger partial charge on any atom is 0.322 e. The molecule has 0 bridgehead atoms. The molecule has 1 saturated heterocycles. The number of rotatable bonds is 5. The molecule has 1 unspecified atom stereocenters. The molecule has 1 aliphatic heterocycles. The Kier molecular flexibility index (Phi) is 7.43. The van der Waals surface area contributed by atoms with Crippen molar-refractivity contribution in [2.75, 3.05) is 23.4 Å². The van der Waals surface area contributed by atoms with Gasteiger partial charge in [0.05, 0.1) is 6.10 Å². The second-order valence-electron chi connectivity index (χ2n) is 8.01. The lowest BCUT2D eigenvalue weighted by atomic mass is 10.1. The van der Waals surface area contributed by atoms with Crippen LogP contribution in [0.3, 0.4) is 0 Å². The van der Waals surface area contributed by atoms with Crippen molar-refractivity contribution in [2.45, 2.75) is 23.5 Å². The predicted octanol–water partition coefficient (Wildman–Crippen LogP) is 4.35. The second-order valence-corrected chi connectivity index (χ2v) is 9.80. The van der Waals surface area contributed by atoms with Crippen LogP contribution in [0.2, 0.25) is 5.02 Å². The van der Waals surface area contributed by atoms with Crippen LogP contribution in [-0.4, -0.2) is 51.4 Å². The molecule has 0 aliphatic carbocycles. The Morgan fingerprint density at radius 1 is 1.00 bits per heavy atom. The summed E-state index contributed by atoms with van der Waals surface area (Å²) < 4.78 is 12.0. The Hall–Kier alpha value is -3.04. The largest absolute Gasteiger partial charge is 0.612 e. The molecule has 0 radical (unpaired) electrons. The van der Waals surface area contributed by atoms with Gasteiger partial charge in [-0.15, -0.1) is 0 Å². The summed E-state index contributed by atoms with van der Waals surface area (Å²) >= 11 is 4.75. The highest BCUT2D eigenvalue weighted by Crippen LogP contribution is 2.29. The molecule has 7 nitrogen and oxygen atoms in total. The fourth-order valence-electron chi connectivity index (χ4n) is 3.93. The van der Waals surface area contributed by atoms with E-state index in [0.29, 0.717) is 16.4 Å². The number of β-amino-alcohol motifs (C(OH)–C–C–N with tert-alkyl or cyclic N) is 1. The molecule has 3 aromatic rings. The van der Waals surface area contributed by atoms with E-state index in [0.717, 1.165) is 16.0 Å². The van der Waals surface area contributed by atoms with Crippen molar-refractivity contribution in [3.63, 3.8) is 0 Å². The van der Waals surface area contributed by atoms with Gasteiger partial charge in [-0.25, -0.2) is 4.79 Å². The van der Waals surface area contributed by atoms with E-state index in [1.165, 1.54) is 4.90 Å². The third-order valence-corrected chi connectivity index (χ3v) is 6.83. The van der Waals surface area contributed by atoms with Gasteiger partial charge in [0.2, 0.25) is 5.91 Å². The molecule has 9 heteroatoms. The van der Waals surface area contributed by atoms with Gasteiger partial charge in [0.25, 0.3) is 0 Å². The van der Waals surface area contributed by atoms with Crippen molar-refractivity contribution >= 4 is 46.1 Å². The van der Waals surface area contributed by atoms with Crippen LogP contribution >= 0.6 is 11.6 Å². The molecule has 3 N–H and O–H groups in total. The minimum absolute atomic E-state index is 0.0569. The zero-order valence-corrected chi connectivity index (χ0v) is 20.0. The van der Waals surface area contributed by atoms with Crippen molar-refractivity contribution in [2.24, 2.45) is 0 Å². The number of urea groups is 1. The number of aliphatic hydroxyl groups is 1. The molecular formula is C25H24ClN3O4S. The summed E-state index contributed by atoms with van der Waals surface area (Å²) in [7, 11) is 0. The van der Waals surface area contributed by atoms with Gasteiger partial charge in [0.1, 0.15) is 12.3 Å². The number of hydrogen-bond acceptors (Lipinski definition) is 4. The molecule has 3 atom stereocenters. The van der Waals surface area contributed by atoms with Gasteiger partial charge in [-0.05, 0) is 65.3 Å². The summed E-state index contributed by atoms with van der Waals surface area (Å²) in [6, 6.07) is 20.0. The minimum Gasteiger partial charge on any atom is -0.612 e. The van der Waals surface area contributed by atoms with Crippen LogP contribution in [0.1, 0.15) is 6.42 Å². The molecule has 0 aromatic heterocycles. The number of halogens is 1. The quantitative estimate of drug-likeness (QED) is 0.456. The molecule has 176 valence electrons. The van der Waals surface area contributed by atoms with Crippen molar-refractivity contribution in [3.8, 4) is 11.1 Å². The number of amides is 3. The minimum atomic E-state index is -1.13. The van der Waals surface area contributed by atoms with Crippen LogP contribution < -0.4 is 10.6 Å². The van der Waals surface area contributed by atoms with E-state index >= 15 is 0 Å². The summed E-state index contributed by atoms with van der Waals surface area (Å²) in [5.41, 5.74) is 2.84. The lowest BCUT2D eigenvalue weighted by molar-refractivity contribution is -0.119. The average Bonchev–Trinajstić information content (AvgIpc) is 3.23. The van der Waals surface area contributed by atoms with Crippen LogP contribution in [0.15, 0.2) is 77.7 Å². The first-order valence-corrected chi connectivity index (χ1v) is 12.6. The zero-order chi connectivity index (χ0) is 24.2. The highest BCUT2D eigenvalue weighted by molar-refractivity contribution is 7.90. The number of nitrogens with one attached hydrogen (secondary N) is 2. The van der Waals surface area contributed by atoms with E-state index in [1.807, 2.05) is 36.4 Å². The number of aliphatic hydroxyl groups excluding tert-OH is 1. The smallest absolute Gasteiger partial charge is 0.322 e. The Labute approximate surface area is 205 Å². The van der Waals surface area contributed by atoms with Crippen LogP contribution in [0, 0.1) is 0 Å². The maximum atomic E-state index is 13.0. The topological polar surface area (TPSA) is 105 Å². The third-order valence-electron chi connectivity index (χ3n) is 5.60. The number of carbonyl (C=O) groups is 2. The van der Waals surface area contributed by atoms with E-state index in [9.17, 15) is 19.2 Å². The molecule has 1 aliphatic rings. The standard InChI is InChI=1S/C25H24ClN3O4S/c1-34(33)23-5-3-2-4-21(23)16-6-10-18(11-7-16)27-24(31)22-14-20(30)15-29(22)25(32)28-19-12-8-17(26)9-13-19/h2-13,20,22,30H,14-15H2,1H3,(H,27,31)(H,28,32)/t20-,22-,34?/m1/s1. The summed E-state index contributed by atoms with van der Waals surface area (Å²) in [4.78, 5) is 27.8. The molecule has 3 amide bonds. The van der Waals surface area contributed by atoms with Gasteiger partial charge < -0.3 is 25.2 Å². The molecular weight excluding hydrogens is 474 g/mol. The Morgan fingerprint density at radius 3 is 2.29 bits per heavy atom. The first-order valence-electron chi connectivity index (χ1n) is 10.7. The number of benzene rings is 3. The molecule has 3 aromatic carbocycles. The summed E-state index contributed by atoms with van der Waals surface area (Å²) in [5.74, 6) is -0.384. The number of carbonyl (C=O) groups excluding carboxylic acids is 2. The zero-order valence-electron chi connectivity index (χ0n) is 18.4. The van der Waals surface area contributed by atoms with Crippen molar-refractivity contribution in [1.82, 2.24) is 4.90 Å². The van der Waals surface area contributed by atoms with Gasteiger partial charge in [-0.3, -0.25) is 4.79 Å². The van der Waals surface area contributed by atoms with Gasteiger partial charge in [0, 0.05) is 34.9 Å². The Bertz CT molecular complexity index is 1170. The monoisotopic (exact) mass is 497 g/mol. The number of anilines is 2. The van der Waals surface area contributed by atoms with Gasteiger partial charge in [0.15, 0.2) is 4.90 Å². The molecule has 1 fully saturated rings. The van der Waals surface area contributed by atoms with Crippen LogP contribution in [0.25, 0.3) is 11.1 Å². The van der Waals surface area contributed by atoms with Gasteiger partial charge in [-0.2, -0.15) is 0 Å². The summed E-state index contributed by atoms with van der Waals surface area (Å²) in [6.07, 6.45) is 0.992. The van der Waals surface area contributed by atoms with Crippen molar-refractivity contribution in [1.29, 1.82) is 0 Å². The molecule has 0 saturated carbocycles. The van der Waals surface area contributed by atoms with Crippen molar-refractivity contribution in [3.05, 3.63) is 77.8 Å². The second kappa shape index (κ2) is 10.5. The lowest BCUT2D eigenvalue weighted by Gasteiger charge is -2.24. The lowest BCUT2D eigenvalue weighted by Crippen LogP contribution is -2.45. The van der Waals surface area contributed by atoms with E-state index in [4.69, 9.17) is 11.6 Å². The third kappa shape index (κ3) is 5.53. The van der Waals surface area contributed by atoms with Gasteiger partial charge >= 0.3 is 6.03 Å². The van der Waals surface area contributed by atoms with Crippen LogP contribution in [0.5, 0.6) is 0 Å². The molecule has 0 spiro atoms. The Balaban J connectivity index is 1.45. The van der Waals surface area contributed by atoms with Crippen molar-refractivity contribution < 1.29 is 19.2 Å². The molecule has 34 heavy (non-hydrogen) atoms. The number of likely N-dealkylation sites (tertiary alicyclic amines) is 1. The average molecular weight is 498 g/mol.